The van der Waals surface area contributed by atoms with E-state index in [0.717, 1.165) is 32.5 Å². The molecule has 3 aliphatic rings. The molecule has 0 aromatic rings. The zero-order valence-corrected chi connectivity index (χ0v) is 9.76. The number of aliphatic hydroxyl groups is 1. The van der Waals surface area contributed by atoms with Crippen LogP contribution in [0.4, 0.5) is 0 Å². The lowest BCUT2D eigenvalue weighted by Gasteiger charge is -2.35. The summed E-state index contributed by atoms with van der Waals surface area (Å²) in [7, 11) is 0. The molecule has 3 heteroatoms. The molecular weight excluding hydrogens is 204 g/mol. The van der Waals surface area contributed by atoms with Gasteiger partial charge in [-0.15, -0.1) is 0 Å². The number of hydrogen-bond acceptors (Lipinski definition) is 3. The van der Waals surface area contributed by atoms with Gasteiger partial charge in [0.2, 0.25) is 0 Å². The maximum atomic E-state index is 9.98. The Bertz CT molecular complexity index is 294. The molecule has 0 radical (unpaired) electrons. The zero-order chi connectivity index (χ0) is 11.1. The number of rotatable bonds is 1. The molecule has 1 saturated carbocycles. The Morgan fingerprint density at radius 1 is 1.19 bits per heavy atom. The van der Waals surface area contributed by atoms with E-state index < -0.39 is 0 Å². The Morgan fingerprint density at radius 2 is 1.94 bits per heavy atom. The maximum Gasteiger partial charge on any atom is 0.161 e. The molecule has 0 spiro atoms. The molecule has 2 aliphatic carbocycles. The third-order valence-electron chi connectivity index (χ3n) is 4.32. The van der Waals surface area contributed by atoms with Crippen molar-refractivity contribution in [2.24, 2.45) is 17.8 Å². The van der Waals surface area contributed by atoms with E-state index in [0.29, 0.717) is 17.8 Å². The van der Waals surface area contributed by atoms with Gasteiger partial charge < -0.3 is 14.6 Å². The summed E-state index contributed by atoms with van der Waals surface area (Å²) in [6, 6.07) is 0. The van der Waals surface area contributed by atoms with Crippen LogP contribution in [0.25, 0.3) is 0 Å². The van der Waals surface area contributed by atoms with Crippen LogP contribution in [-0.2, 0) is 9.47 Å². The lowest BCUT2D eigenvalue weighted by molar-refractivity contribution is -0.106. The maximum absolute atomic E-state index is 9.98. The number of hydrogen-bond donors (Lipinski definition) is 1. The van der Waals surface area contributed by atoms with Crippen LogP contribution in [0.2, 0.25) is 0 Å². The average Bonchev–Trinajstić information content (AvgIpc) is 2.88. The Hall–Kier alpha value is -0.380. The zero-order valence-electron chi connectivity index (χ0n) is 9.76. The normalized spacial score (nSPS) is 44.5. The molecule has 4 atom stereocenters. The predicted octanol–water partition coefficient (Wildman–Crippen LogP) is 1.71. The van der Waals surface area contributed by atoms with Gasteiger partial charge in [-0.25, -0.2) is 0 Å². The number of allylic oxidation sites excluding steroid dienone is 1. The molecule has 2 fully saturated rings. The van der Waals surface area contributed by atoms with Crippen molar-refractivity contribution in [3.05, 3.63) is 11.6 Å². The van der Waals surface area contributed by atoms with Crippen molar-refractivity contribution in [2.75, 3.05) is 13.2 Å². The number of aliphatic hydroxyl groups excluding tert-OH is 1. The topological polar surface area (TPSA) is 38.7 Å². The first-order chi connectivity index (χ1) is 7.75. The largest absolute Gasteiger partial charge is 0.393 e. The van der Waals surface area contributed by atoms with Crippen molar-refractivity contribution in [2.45, 2.75) is 38.6 Å². The van der Waals surface area contributed by atoms with Crippen molar-refractivity contribution in [3.8, 4) is 0 Å². The van der Waals surface area contributed by atoms with Gasteiger partial charge in [0.05, 0.1) is 19.3 Å². The molecule has 0 bridgehead atoms. The van der Waals surface area contributed by atoms with Crippen LogP contribution in [0.1, 0.15) is 26.2 Å². The van der Waals surface area contributed by atoms with Crippen LogP contribution in [0.5, 0.6) is 0 Å². The number of ether oxygens (including phenoxy) is 2. The summed E-state index contributed by atoms with van der Waals surface area (Å²) in [5.74, 6) is 1.35. The first-order valence-corrected chi connectivity index (χ1v) is 6.34. The second-order valence-corrected chi connectivity index (χ2v) is 5.38. The first-order valence-electron chi connectivity index (χ1n) is 6.34. The van der Waals surface area contributed by atoms with Gasteiger partial charge >= 0.3 is 0 Å². The molecule has 0 aromatic carbocycles. The van der Waals surface area contributed by atoms with Gasteiger partial charge in [-0.2, -0.15) is 0 Å². The average molecular weight is 224 g/mol. The molecule has 0 aromatic heterocycles. The van der Waals surface area contributed by atoms with Crippen molar-refractivity contribution < 1.29 is 14.6 Å². The van der Waals surface area contributed by atoms with Gasteiger partial charge in [-0.1, -0.05) is 11.6 Å². The molecule has 1 N–H and O–H groups in total. The van der Waals surface area contributed by atoms with Crippen molar-refractivity contribution >= 4 is 0 Å². The van der Waals surface area contributed by atoms with Gasteiger partial charge in [0, 0.05) is 11.8 Å². The van der Waals surface area contributed by atoms with Crippen LogP contribution in [-0.4, -0.2) is 30.7 Å². The van der Waals surface area contributed by atoms with E-state index in [-0.39, 0.29) is 12.4 Å². The first kappa shape index (κ1) is 10.8. The van der Waals surface area contributed by atoms with E-state index in [9.17, 15) is 5.11 Å². The fraction of sp³-hybridized carbons (Fsp3) is 0.846. The summed E-state index contributed by atoms with van der Waals surface area (Å²) in [4.78, 5) is 0. The highest BCUT2D eigenvalue weighted by Gasteiger charge is 2.45. The van der Waals surface area contributed by atoms with Crippen molar-refractivity contribution in [1.29, 1.82) is 0 Å². The minimum absolute atomic E-state index is 0.0264. The Morgan fingerprint density at radius 3 is 2.69 bits per heavy atom. The van der Waals surface area contributed by atoms with Crippen LogP contribution in [0, 0.1) is 17.8 Å². The molecule has 90 valence electrons. The van der Waals surface area contributed by atoms with Crippen LogP contribution in [0.15, 0.2) is 11.6 Å². The minimum atomic E-state index is -0.149. The highest BCUT2D eigenvalue weighted by atomic mass is 16.7. The molecule has 1 aliphatic heterocycles. The fourth-order valence-electron chi connectivity index (χ4n) is 3.61. The Kier molecular flexibility index (Phi) is 2.78. The van der Waals surface area contributed by atoms with Crippen molar-refractivity contribution in [1.82, 2.24) is 0 Å². The standard InChI is InChI=1S/C13H20O3/c1-8-6-10-9(2-3-12(10)14)11(7-8)13-15-4-5-16-13/h6,9-14H,2-5,7H2,1H3/t9-,10-,11-,12+/m1/s1. The van der Waals surface area contributed by atoms with Gasteiger partial charge in [0.1, 0.15) is 0 Å². The van der Waals surface area contributed by atoms with E-state index in [2.05, 4.69) is 13.0 Å². The van der Waals surface area contributed by atoms with Crippen LogP contribution in [0.3, 0.4) is 0 Å². The van der Waals surface area contributed by atoms with Gasteiger partial charge in [0.15, 0.2) is 6.29 Å². The Labute approximate surface area is 96.4 Å². The molecule has 3 rings (SSSR count). The molecule has 1 heterocycles. The third-order valence-corrected chi connectivity index (χ3v) is 4.32. The molecule has 1 saturated heterocycles. The molecule has 3 nitrogen and oxygen atoms in total. The van der Waals surface area contributed by atoms with E-state index >= 15 is 0 Å². The lowest BCUT2D eigenvalue weighted by atomic mass is 9.74. The fourth-order valence-corrected chi connectivity index (χ4v) is 3.61. The summed E-state index contributed by atoms with van der Waals surface area (Å²) < 4.78 is 11.3. The SMILES string of the molecule is CC1=C[C@@H]2[C@@H](CC[C@@H]2O)[C@H](C2OCCO2)C1. The molecular formula is C13H20O3. The summed E-state index contributed by atoms with van der Waals surface area (Å²) in [5.41, 5.74) is 1.38. The molecule has 16 heavy (non-hydrogen) atoms. The summed E-state index contributed by atoms with van der Waals surface area (Å²) in [6.07, 6.45) is 5.21. The van der Waals surface area contributed by atoms with E-state index in [1.165, 1.54) is 5.57 Å². The van der Waals surface area contributed by atoms with Gasteiger partial charge in [-0.05, 0) is 32.1 Å². The monoisotopic (exact) mass is 224 g/mol. The number of fused-ring (bicyclic) bond motifs is 1. The smallest absolute Gasteiger partial charge is 0.161 e. The van der Waals surface area contributed by atoms with Gasteiger partial charge in [0.25, 0.3) is 0 Å². The van der Waals surface area contributed by atoms with Crippen molar-refractivity contribution in [3.63, 3.8) is 0 Å². The highest BCUT2D eigenvalue weighted by Crippen LogP contribution is 2.46. The summed E-state index contributed by atoms with van der Waals surface area (Å²) in [5, 5.41) is 9.98. The molecule has 0 unspecified atom stereocenters. The van der Waals surface area contributed by atoms with E-state index in [4.69, 9.17) is 9.47 Å². The minimum Gasteiger partial charge on any atom is -0.393 e. The van der Waals surface area contributed by atoms with E-state index in [1.54, 1.807) is 0 Å². The lowest BCUT2D eigenvalue weighted by Crippen LogP contribution is -2.35. The third kappa shape index (κ3) is 1.71. The van der Waals surface area contributed by atoms with E-state index in [1.807, 2.05) is 0 Å². The predicted molar refractivity (Wildman–Crippen MR) is 59.8 cm³/mol. The summed E-state index contributed by atoms with van der Waals surface area (Å²) >= 11 is 0. The quantitative estimate of drug-likeness (QED) is 0.689. The summed E-state index contributed by atoms with van der Waals surface area (Å²) in [6.45, 7) is 3.61. The van der Waals surface area contributed by atoms with Gasteiger partial charge in [-0.3, -0.25) is 0 Å². The second kappa shape index (κ2) is 4.13. The highest BCUT2D eigenvalue weighted by molar-refractivity contribution is 5.14. The van der Waals surface area contributed by atoms with Crippen LogP contribution < -0.4 is 0 Å². The van der Waals surface area contributed by atoms with Crippen LogP contribution >= 0.6 is 0 Å². The Balaban J connectivity index is 1.81. The molecule has 0 amide bonds. The second-order valence-electron chi connectivity index (χ2n) is 5.38.